The second kappa shape index (κ2) is 7.10. The Bertz CT molecular complexity index is 196. The van der Waals surface area contributed by atoms with Gasteiger partial charge in [0, 0.05) is 19.5 Å². The topological polar surface area (TPSA) is 20.3 Å². The van der Waals surface area contributed by atoms with E-state index in [0.29, 0.717) is 0 Å². The van der Waals surface area contributed by atoms with Gasteiger partial charge in [0.1, 0.15) is 0 Å². The van der Waals surface area contributed by atoms with Crippen LogP contribution in [0.3, 0.4) is 0 Å². The van der Waals surface area contributed by atoms with Gasteiger partial charge in [-0.3, -0.25) is 4.79 Å². The highest BCUT2D eigenvalue weighted by Crippen LogP contribution is 2.16. The van der Waals surface area contributed by atoms with E-state index in [1.165, 1.54) is 25.7 Å². The number of rotatable bonds is 7. The van der Waals surface area contributed by atoms with Gasteiger partial charge in [0.05, 0.1) is 5.38 Å². The number of carbonyl (C=O) groups excluding carboxylic acids is 1. The normalized spacial score (nSPS) is 18.5. The molecule has 15 heavy (non-hydrogen) atoms. The Morgan fingerprint density at radius 1 is 1.40 bits per heavy atom. The molecule has 88 valence electrons. The number of halogens is 1. The van der Waals surface area contributed by atoms with Crippen molar-refractivity contribution in [2.75, 3.05) is 13.1 Å². The van der Waals surface area contributed by atoms with Gasteiger partial charge in [-0.15, -0.1) is 11.6 Å². The van der Waals surface area contributed by atoms with Gasteiger partial charge < -0.3 is 4.90 Å². The number of likely N-dealkylation sites (tertiary alicyclic amines) is 1. The van der Waals surface area contributed by atoms with Gasteiger partial charge in [-0.2, -0.15) is 0 Å². The highest BCUT2D eigenvalue weighted by atomic mass is 35.5. The quantitative estimate of drug-likeness (QED) is 0.487. The van der Waals surface area contributed by atoms with Crippen LogP contribution >= 0.6 is 11.6 Å². The fourth-order valence-corrected chi connectivity index (χ4v) is 2.34. The predicted molar refractivity (Wildman–Crippen MR) is 64.2 cm³/mol. The predicted octanol–water partition coefficient (Wildman–Crippen LogP) is 3.19. The molecule has 1 heterocycles. The summed E-state index contributed by atoms with van der Waals surface area (Å²) in [6, 6.07) is 0. The minimum absolute atomic E-state index is 0.156. The van der Waals surface area contributed by atoms with Gasteiger partial charge >= 0.3 is 0 Å². The van der Waals surface area contributed by atoms with Crippen molar-refractivity contribution in [1.29, 1.82) is 0 Å². The minimum atomic E-state index is 0.156. The molecule has 3 heteroatoms. The molecule has 0 bridgehead atoms. The van der Waals surface area contributed by atoms with Crippen LogP contribution in [0.4, 0.5) is 0 Å². The van der Waals surface area contributed by atoms with Crippen LogP contribution in [0.1, 0.15) is 51.9 Å². The molecule has 0 saturated carbocycles. The average molecular weight is 232 g/mol. The summed E-state index contributed by atoms with van der Waals surface area (Å²) in [5.41, 5.74) is 0. The first-order chi connectivity index (χ1) is 7.24. The summed E-state index contributed by atoms with van der Waals surface area (Å²) in [4.78, 5) is 13.3. The first-order valence-corrected chi connectivity index (χ1v) is 6.59. The third-order valence-corrected chi connectivity index (χ3v) is 3.32. The van der Waals surface area contributed by atoms with Crippen LogP contribution in [-0.2, 0) is 4.79 Å². The van der Waals surface area contributed by atoms with Gasteiger partial charge in [-0.1, -0.05) is 32.6 Å². The van der Waals surface area contributed by atoms with Crippen molar-refractivity contribution in [1.82, 2.24) is 4.90 Å². The van der Waals surface area contributed by atoms with Crippen molar-refractivity contribution in [3.8, 4) is 0 Å². The minimum Gasteiger partial charge on any atom is -0.341 e. The van der Waals surface area contributed by atoms with E-state index >= 15 is 0 Å². The summed E-state index contributed by atoms with van der Waals surface area (Å²) >= 11 is 6.21. The monoisotopic (exact) mass is 231 g/mol. The lowest BCUT2D eigenvalue weighted by Crippen LogP contribution is -2.30. The zero-order chi connectivity index (χ0) is 11.1. The molecular formula is C12H22ClNO. The molecule has 1 rings (SSSR count). The van der Waals surface area contributed by atoms with Crippen molar-refractivity contribution in [2.45, 2.75) is 57.2 Å². The van der Waals surface area contributed by atoms with Crippen LogP contribution in [0.25, 0.3) is 0 Å². The van der Waals surface area contributed by atoms with Crippen LogP contribution in [0.5, 0.6) is 0 Å². The molecule has 1 aliphatic heterocycles. The summed E-state index contributed by atoms with van der Waals surface area (Å²) in [6.07, 6.45) is 7.81. The Kier molecular flexibility index (Phi) is 6.07. The van der Waals surface area contributed by atoms with E-state index in [1.54, 1.807) is 0 Å². The molecule has 0 radical (unpaired) electrons. The lowest BCUT2D eigenvalue weighted by atomic mass is 10.1. The van der Waals surface area contributed by atoms with E-state index in [0.717, 1.165) is 32.4 Å². The smallest absolute Gasteiger partial charge is 0.222 e. The molecule has 0 aliphatic carbocycles. The third-order valence-electron chi connectivity index (χ3n) is 2.96. The molecule has 1 amide bonds. The Morgan fingerprint density at radius 2 is 2.20 bits per heavy atom. The van der Waals surface area contributed by atoms with Crippen molar-refractivity contribution in [2.24, 2.45) is 0 Å². The van der Waals surface area contributed by atoms with Crippen LogP contribution in [0.15, 0.2) is 0 Å². The third kappa shape index (κ3) is 4.87. The zero-order valence-electron chi connectivity index (χ0n) is 9.67. The zero-order valence-corrected chi connectivity index (χ0v) is 10.4. The molecule has 0 aromatic carbocycles. The Labute approximate surface area is 98.0 Å². The number of amides is 1. The summed E-state index contributed by atoms with van der Waals surface area (Å²) in [5, 5.41) is 0.156. The maximum absolute atomic E-state index is 11.4. The van der Waals surface area contributed by atoms with Crippen LogP contribution < -0.4 is 0 Å². The number of carbonyl (C=O) groups is 1. The molecule has 1 unspecified atom stereocenters. The molecule has 1 saturated heterocycles. The molecular weight excluding hydrogens is 210 g/mol. The van der Waals surface area contributed by atoms with Crippen molar-refractivity contribution in [3.63, 3.8) is 0 Å². The van der Waals surface area contributed by atoms with Gasteiger partial charge in [0.15, 0.2) is 0 Å². The van der Waals surface area contributed by atoms with E-state index in [1.807, 2.05) is 4.90 Å². The van der Waals surface area contributed by atoms with Gasteiger partial charge in [0.25, 0.3) is 0 Å². The standard InChI is InChI=1S/C12H22ClNO/c1-2-3-4-5-7-11(13)10-14-9-6-8-12(14)15/h11H,2-10H2,1H3. The summed E-state index contributed by atoms with van der Waals surface area (Å²) in [5.74, 6) is 0.286. The molecule has 0 N–H and O–H groups in total. The Balaban J connectivity index is 2.07. The molecule has 1 aliphatic rings. The van der Waals surface area contributed by atoms with E-state index in [-0.39, 0.29) is 11.3 Å². The van der Waals surface area contributed by atoms with Crippen LogP contribution in [0.2, 0.25) is 0 Å². The second-order valence-electron chi connectivity index (χ2n) is 4.39. The van der Waals surface area contributed by atoms with E-state index < -0.39 is 0 Å². The molecule has 0 spiro atoms. The van der Waals surface area contributed by atoms with E-state index in [4.69, 9.17) is 11.6 Å². The van der Waals surface area contributed by atoms with Gasteiger partial charge in [0.2, 0.25) is 5.91 Å². The van der Waals surface area contributed by atoms with Crippen molar-refractivity contribution >= 4 is 17.5 Å². The summed E-state index contributed by atoms with van der Waals surface area (Å²) in [7, 11) is 0. The maximum atomic E-state index is 11.4. The summed E-state index contributed by atoms with van der Waals surface area (Å²) in [6.45, 7) is 3.88. The lowest BCUT2D eigenvalue weighted by molar-refractivity contribution is -0.127. The highest BCUT2D eigenvalue weighted by Gasteiger charge is 2.22. The fraction of sp³-hybridized carbons (Fsp3) is 0.917. The van der Waals surface area contributed by atoms with Gasteiger partial charge in [-0.25, -0.2) is 0 Å². The SMILES string of the molecule is CCCCCCC(Cl)CN1CCCC1=O. The molecule has 1 atom stereocenters. The van der Waals surface area contributed by atoms with E-state index in [2.05, 4.69) is 6.92 Å². The van der Waals surface area contributed by atoms with Crippen molar-refractivity contribution in [3.05, 3.63) is 0 Å². The Hall–Kier alpha value is -0.240. The van der Waals surface area contributed by atoms with Crippen LogP contribution in [0, 0.1) is 0 Å². The van der Waals surface area contributed by atoms with E-state index in [9.17, 15) is 4.79 Å². The highest BCUT2D eigenvalue weighted by molar-refractivity contribution is 6.20. The van der Waals surface area contributed by atoms with Gasteiger partial charge in [-0.05, 0) is 12.8 Å². The number of unbranched alkanes of at least 4 members (excludes halogenated alkanes) is 3. The molecule has 1 fully saturated rings. The number of alkyl halides is 1. The first kappa shape index (κ1) is 12.8. The number of hydrogen-bond acceptors (Lipinski definition) is 1. The molecule has 2 nitrogen and oxygen atoms in total. The lowest BCUT2D eigenvalue weighted by Gasteiger charge is -2.19. The largest absolute Gasteiger partial charge is 0.341 e. The van der Waals surface area contributed by atoms with Crippen molar-refractivity contribution < 1.29 is 4.79 Å². The van der Waals surface area contributed by atoms with Crippen LogP contribution in [-0.4, -0.2) is 29.3 Å². The number of hydrogen-bond donors (Lipinski definition) is 0. The molecule has 0 aromatic rings. The Morgan fingerprint density at radius 3 is 2.80 bits per heavy atom. The second-order valence-corrected chi connectivity index (χ2v) is 5.01. The first-order valence-electron chi connectivity index (χ1n) is 6.16. The summed E-state index contributed by atoms with van der Waals surface area (Å²) < 4.78 is 0. The maximum Gasteiger partial charge on any atom is 0.222 e. The average Bonchev–Trinajstić information content (AvgIpc) is 2.59. The molecule has 0 aromatic heterocycles. The fourth-order valence-electron chi connectivity index (χ4n) is 2.02. The number of nitrogens with zero attached hydrogens (tertiary/aromatic N) is 1.